The van der Waals surface area contributed by atoms with Crippen LogP contribution in [0.15, 0.2) is 21.4 Å². The van der Waals surface area contributed by atoms with Gasteiger partial charge >= 0.3 is 0 Å². The minimum absolute atomic E-state index is 0.0588. The Hall–Kier alpha value is -1.34. The van der Waals surface area contributed by atoms with Gasteiger partial charge in [-0.2, -0.15) is 0 Å². The molecule has 0 atom stereocenters. The van der Waals surface area contributed by atoms with Crippen LogP contribution in [0.4, 0.5) is 0 Å². The molecule has 0 radical (unpaired) electrons. The van der Waals surface area contributed by atoms with Crippen LogP contribution in [0.25, 0.3) is 16.0 Å². The third-order valence-electron chi connectivity index (χ3n) is 3.65. The number of hydrogen-bond acceptors (Lipinski definition) is 5. The Morgan fingerprint density at radius 1 is 1.23 bits per heavy atom. The number of thiophene rings is 1. The van der Waals surface area contributed by atoms with Crippen LogP contribution in [0.2, 0.25) is 0 Å². The molecule has 22 heavy (non-hydrogen) atoms. The van der Waals surface area contributed by atoms with Crippen LogP contribution in [0.1, 0.15) is 39.5 Å². The van der Waals surface area contributed by atoms with Gasteiger partial charge in [-0.25, -0.2) is 0 Å². The van der Waals surface area contributed by atoms with Crippen LogP contribution in [-0.2, 0) is 6.54 Å². The van der Waals surface area contributed by atoms with E-state index in [0.29, 0.717) is 12.3 Å². The Balaban J connectivity index is 2.17. The molecule has 7 heteroatoms. The molecule has 0 unspecified atom stereocenters. The number of unbranched alkanes of at least 4 members (excludes halogenated alkanes) is 2. The van der Waals surface area contributed by atoms with Crippen molar-refractivity contribution in [1.82, 2.24) is 19.2 Å². The van der Waals surface area contributed by atoms with E-state index in [1.807, 2.05) is 15.8 Å². The van der Waals surface area contributed by atoms with Crippen molar-refractivity contribution >= 4 is 39.1 Å². The molecular weight excluding hydrogens is 316 g/mol. The van der Waals surface area contributed by atoms with Gasteiger partial charge in [-0.1, -0.05) is 38.5 Å². The zero-order chi connectivity index (χ0) is 15.5. The van der Waals surface area contributed by atoms with Gasteiger partial charge in [0.2, 0.25) is 5.78 Å². The first kappa shape index (κ1) is 15.6. The number of rotatable bonds is 7. The minimum Gasteiger partial charge on any atom is -0.276 e. The quantitative estimate of drug-likeness (QED) is 0.486. The lowest BCUT2D eigenvalue weighted by atomic mass is 10.3. The largest absolute Gasteiger partial charge is 0.276 e. The van der Waals surface area contributed by atoms with E-state index in [-0.39, 0.29) is 5.56 Å². The second-order valence-corrected chi connectivity index (χ2v) is 7.24. The number of thioether (sulfide) groups is 1. The fourth-order valence-electron chi connectivity index (χ4n) is 2.42. The molecule has 3 aromatic rings. The van der Waals surface area contributed by atoms with Crippen molar-refractivity contribution in [3.8, 4) is 0 Å². The van der Waals surface area contributed by atoms with Crippen LogP contribution >= 0.6 is 23.1 Å². The van der Waals surface area contributed by atoms with Crippen molar-refractivity contribution in [3.63, 3.8) is 0 Å². The number of nitrogens with zero attached hydrogens (tertiary/aromatic N) is 4. The van der Waals surface area contributed by atoms with Gasteiger partial charge in [-0.15, -0.1) is 21.5 Å². The topological polar surface area (TPSA) is 52.2 Å². The molecule has 0 saturated heterocycles. The lowest BCUT2D eigenvalue weighted by molar-refractivity contribution is 0.621. The SMILES string of the molecule is CCCCSc1nnc2n(CCCC)c(=O)c3sccc3n12. The summed E-state index contributed by atoms with van der Waals surface area (Å²) in [4.78, 5) is 12.7. The van der Waals surface area contributed by atoms with Gasteiger partial charge in [0.1, 0.15) is 4.70 Å². The monoisotopic (exact) mass is 336 g/mol. The third kappa shape index (κ3) is 2.67. The van der Waals surface area contributed by atoms with E-state index in [1.54, 1.807) is 16.3 Å². The van der Waals surface area contributed by atoms with Gasteiger partial charge in [0, 0.05) is 12.3 Å². The van der Waals surface area contributed by atoms with Gasteiger partial charge < -0.3 is 0 Å². The minimum atomic E-state index is 0.0588. The summed E-state index contributed by atoms with van der Waals surface area (Å²) >= 11 is 3.21. The molecule has 0 spiro atoms. The van der Waals surface area contributed by atoms with E-state index in [4.69, 9.17) is 0 Å². The van der Waals surface area contributed by atoms with Crippen molar-refractivity contribution in [2.24, 2.45) is 0 Å². The molecule has 0 aliphatic heterocycles. The van der Waals surface area contributed by atoms with E-state index >= 15 is 0 Å². The zero-order valence-corrected chi connectivity index (χ0v) is 14.5. The number of hydrogen-bond donors (Lipinski definition) is 0. The van der Waals surface area contributed by atoms with Crippen molar-refractivity contribution < 1.29 is 0 Å². The predicted octanol–water partition coefficient (Wildman–Crippen LogP) is 3.80. The van der Waals surface area contributed by atoms with Gasteiger partial charge in [-0.3, -0.25) is 13.8 Å². The van der Waals surface area contributed by atoms with E-state index < -0.39 is 0 Å². The Morgan fingerprint density at radius 3 is 2.82 bits per heavy atom. The molecule has 0 saturated carbocycles. The molecule has 0 bridgehead atoms. The fraction of sp³-hybridized carbons (Fsp3) is 0.533. The molecule has 5 nitrogen and oxygen atoms in total. The van der Waals surface area contributed by atoms with Gasteiger partial charge in [0.05, 0.1) is 5.52 Å². The first-order chi connectivity index (χ1) is 10.8. The highest BCUT2D eigenvalue weighted by atomic mass is 32.2. The van der Waals surface area contributed by atoms with E-state index in [2.05, 4.69) is 24.0 Å². The Kier molecular flexibility index (Phi) is 4.83. The van der Waals surface area contributed by atoms with Crippen molar-refractivity contribution in [2.75, 3.05) is 5.75 Å². The third-order valence-corrected chi connectivity index (χ3v) is 5.55. The van der Waals surface area contributed by atoms with Crippen molar-refractivity contribution in [3.05, 3.63) is 21.8 Å². The summed E-state index contributed by atoms with van der Waals surface area (Å²) in [5, 5.41) is 11.5. The smallest absolute Gasteiger partial charge is 0.272 e. The summed E-state index contributed by atoms with van der Waals surface area (Å²) in [5.41, 5.74) is 0.991. The highest BCUT2D eigenvalue weighted by molar-refractivity contribution is 7.99. The summed E-state index contributed by atoms with van der Waals surface area (Å²) in [6, 6.07) is 1.99. The fourth-order valence-corrected chi connectivity index (χ4v) is 4.27. The van der Waals surface area contributed by atoms with Crippen LogP contribution in [0.5, 0.6) is 0 Å². The number of aryl methyl sites for hydroxylation is 1. The van der Waals surface area contributed by atoms with E-state index in [1.165, 1.54) is 17.8 Å². The average Bonchev–Trinajstić information content (AvgIpc) is 3.14. The average molecular weight is 336 g/mol. The second kappa shape index (κ2) is 6.83. The molecule has 0 aromatic carbocycles. The first-order valence-corrected chi connectivity index (χ1v) is 9.62. The Bertz CT molecular complexity index is 833. The maximum Gasteiger partial charge on any atom is 0.272 e. The predicted molar refractivity (Wildman–Crippen MR) is 93.2 cm³/mol. The molecule has 0 amide bonds. The lowest BCUT2D eigenvalue weighted by Crippen LogP contribution is -2.22. The molecule has 0 aliphatic carbocycles. The number of fused-ring (bicyclic) bond motifs is 3. The van der Waals surface area contributed by atoms with Gasteiger partial charge in [0.25, 0.3) is 5.56 Å². The van der Waals surface area contributed by atoms with Gasteiger partial charge in [0.15, 0.2) is 5.16 Å². The summed E-state index contributed by atoms with van der Waals surface area (Å²) in [6.07, 6.45) is 4.34. The zero-order valence-electron chi connectivity index (χ0n) is 12.9. The molecule has 3 heterocycles. The highest BCUT2D eigenvalue weighted by Crippen LogP contribution is 2.24. The summed E-state index contributed by atoms with van der Waals surface area (Å²) in [6.45, 7) is 5.01. The maximum absolute atomic E-state index is 12.7. The maximum atomic E-state index is 12.7. The van der Waals surface area contributed by atoms with E-state index in [9.17, 15) is 4.79 Å². The van der Waals surface area contributed by atoms with Crippen LogP contribution in [0, 0.1) is 0 Å². The summed E-state index contributed by atoms with van der Waals surface area (Å²) in [7, 11) is 0. The molecule has 0 aliphatic rings. The molecule has 0 fully saturated rings. The molecule has 3 rings (SSSR count). The summed E-state index contributed by atoms with van der Waals surface area (Å²) < 4.78 is 4.61. The molecular formula is C15H20N4OS2. The summed E-state index contributed by atoms with van der Waals surface area (Å²) in [5.74, 6) is 1.69. The van der Waals surface area contributed by atoms with Crippen LogP contribution < -0.4 is 5.56 Å². The van der Waals surface area contributed by atoms with Crippen LogP contribution in [-0.4, -0.2) is 24.9 Å². The Morgan fingerprint density at radius 2 is 2.05 bits per heavy atom. The van der Waals surface area contributed by atoms with Crippen LogP contribution in [0.3, 0.4) is 0 Å². The molecule has 3 aromatic heterocycles. The second-order valence-electron chi connectivity index (χ2n) is 5.27. The lowest BCUT2D eigenvalue weighted by Gasteiger charge is -2.08. The first-order valence-electron chi connectivity index (χ1n) is 7.75. The molecule has 0 N–H and O–H groups in total. The van der Waals surface area contributed by atoms with E-state index in [0.717, 1.165) is 40.4 Å². The van der Waals surface area contributed by atoms with Crippen molar-refractivity contribution in [2.45, 2.75) is 51.2 Å². The van der Waals surface area contributed by atoms with Gasteiger partial charge in [-0.05, 0) is 24.3 Å². The standard InChI is InChI=1S/C15H20N4OS2/c1-3-5-8-18-13(20)12-11(7-10-21-12)19-14(18)16-17-15(19)22-9-6-4-2/h7,10H,3-6,8-9H2,1-2H3. The van der Waals surface area contributed by atoms with Crippen molar-refractivity contribution in [1.29, 1.82) is 0 Å². The Labute approximate surface area is 137 Å². The highest BCUT2D eigenvalue weighted by Gasteiger charge is 2.17. The molecule has 118 valence electrons. The number of aromatic nitrogens is 4. The normalized spacial score (nSPS) is 11.7.